The molecule has 29 heavy (non-hydrogen) atoms. The van der Waals surface area contributed by atoms with Gasteiger partial charge in [-0.3, -0.25) is 0 Å². The zero-order valence-corrected chi connectivity index (χ0v) is 17.7. The second kappa shape index (κ2) is 10.3. The molecule has 0 nitrogen and oxygen atoms in total. The van der Waals surface area contributed by atoms with Gasteiger partial charge in [0.1, 0.15) is 5.82 Å². The first-order valence-electron chi connectivity index (χ1n) is 11.2. The van der Waals surface area contributed by atoms with E-state index in [1.807, 2.05) is 6.07 Å². The van der Waals surface area contributed by atoms with Crippen LogP contribution in [0.4, 0.5) is 13.2 Å². The molecule has 0 heterocycles. The maximum absolute atomic E-state index is 14.6. The molecule has 0 N–H and O–H groups in total. The van der Waals surface area contributed by atoms with Crippen LogP contribution in [0, 0.1) is 35.2 Å². The second-order valence-corrected chi connectivity index (χ2v) is 8.90. The zero-order chi connectivity index (χ0) is 20.8. The maximum Gasteiger partial charge on any atom is 0.159 e. The second-order valence-electron chi connectivity index (χ2n) is 8.90. The van der Waals surface area contributed by atoms with Gasteiger partial charge in [-0.2, -0.15) is 0 Å². The van der Waals surface area contributed by atoms with Gasteiger partial charge in [0.05, 0.1) is 0 Å². The number of unbranched alkanes of at least 4 members (excludes halogenated alkanes) is 2. The number of halogens is 3. The van der Waals surface area contributed by atoms with E-state index in [1.165, 1.54) is 57.4 Å². The van der Waals surface area contributed by atoms with Crippen molar-refractivity contribution < 1.29 is 13.2 Å². The lowest BCUT2D eigenvalue weighted by molar-refractivity contribution is 0.204. The van der Waals surface area contributed by atoms with E-state index in [4.69, 9.17) is 0 Å². The van der Waals surface area contributed by atoms with E-state index in [0.717, 1.165) is 30.0 Å². The fourth-order valence-corrected chi connectivity index (χ4v) is 4.85. The van der Waals surface area contributed by atoms with Crippen LogP contribution in [0.1, 0.15) is 70.8 Å². The molecule has 2 aromatic carbocycles. The third-order valence-corrected chi connectivity index (χ3v) is 6.73. The number of hydrogen-bond acceptors (Lipinski definition) is 0. The molecule has 0 saturated heterocycles. The molecule has 2 aromatic rings. The number of rotatable bonds is 8. The Morgan fingerprint density at radius 1 is 0.862 bits per heavy atom. The average molecular weight is 403 g/mol. The van der Waals surface area contributed by atoms with Crippen molar-refractivity contribution in [3.63, 3.8) is 0 Å². The molecular weight excluding hydrogens is 369 g/mol. The third-order valence-electron chi connectivity index (χ3n) is 6.73. The van der Waals surface area contributed by atoms with E-state index in [9.17, 15) is 13.2 Å². The van der Waals surface area contributed by atoms with Gasteiger partial charge in [0.25, 0.3) is 0 Å². The molecule has 3 rings (SSSR count). The summed E-state index contributed by atoms with van der Waals surface area (Å²) >= 11 is 0. The van der Waals surface area contributed by atoms with Crippen molar-refractivity contribution in [2.24, 2.45) is 17.8 Å². The predicted molar refractivity (Wildman–Crippen MR) is 114 cm³/mol. The molecule has 1 unspecified atom stereocenters. The normalized spacial score (nSPS) is 20.6. The Kier molecular flexibility index (Phi) is 7.80. The van der Waals surface area contributed by atoms with Crippen molar-refractivity contribution in [2.45, 2.75) is 71.6 Å². The third kappa shape index (κ3) is 5.87. The lowest BCUT2D eigenvalue weighted by Gasteiger charge is -2.32. The van der Waals surface area contributed by atoms with Crippen molar-refractivity contribution in [3.8, 4) is 11.1 Å². The fraction of sp³-hybridized carbons (Fsp3) is 0.538. The van der Waals surface area contributed by atoms with Crippen molar-refractivity contribution in [3.05, 3.63) is 59.4 Å². The van der Waals surface area contributed by atoms with Crippen LogP contribution in [0.2, 0.25) is 0 Å². The molecule has 1 fully saturated rings. The molecule has 1 atom stereocenters. The summed E-state index contributed by atoms with van der Waals surface area (Å²) in [5.41, 5.74) is 1.65. The lowest BCUT2D eigenvalue weighted by atomic mass is 9.73. The molecule has 0 aliphatic heterocycles. The summed E-state index contributed by atoms with van der Waals surface area (Å²) < 4.78 is 41.2. The predicted octanol–water partition coefficient (Wildman–Crippen LogP) is 8.34. The van der Waals surface area contributed by atoms with Gasteiger partial charge < -0.3 is 0 Å². The topological polar surface area (TPSA) is 0 Å². The Morgan fingerprint density at radius 3 is 2.28 bits per heavy atom. The highest BCUT2D eigenvalue weighted by atomic mass is 19.2. The zero-order valence-electron chi connectivity index (χ0n) is 17.7. The highest BCUT2D eigenvalue weighted by molar-refractivity contribution is 5.64. The molecule has 1 saturated carbocycles. The molecule has 0 radical (unpaired) electrons. The van der Waals surface area contributed by atoms with Gasteiger partial charge in [0.15, 0.2) is 11.6 Å². The molecule has 1 aliphatic carbocycles. The molecule has 0 aromatic heterocycles. The van der Waals surface area contributed by atoms with Crippen LogP contribution >= 0.6 is 0 Å². The number of hydrogen-bond donors (Lipinski definition) is 0. The van der Waals surface area contributed by atoms with Gasteiger partial charge >= 0.3 is 0 Å². The smallest absolute Gasteiger partial charge is 0.159 e. The summed E-state index contributed by atoms with van der Waals surface area (Å²) in [7, 11) is 0. The van der Waals surface area contributed by atoms with Crippen LogP contribution in [0.5, 0.6) is 0 Å². The van der Waals surface area contributed by atoms with Crippen LogP contribution in [0.3, 0.4) is 0 Å². The number of benzene rings is 2. The molecule has 3 heteroatoms. The van der Waals surface area contributed by atoms with E-state index >= 15 is 0 Å². The Balaban J connectivity index is 1.56. The molecule has 0 amide bonds. The van der Waals surface area contributed by atoms with Crippen LogP contribution in [0.15, 0.2) is 36.4 Å². The van der Waals surface area contributed by atoms with Crippen molar-refractivity contribution in [2.75, 3.05) is 0 Å². The summed E-state index contributed by atoms with van der Waals surface area (Å²) in [4.78, 5) is 0. The Hall–Kier alpha value is -1.77. The highest BCUT2D eigenvalue weighted by Gasteiger charge is 2.25. The Morgan fingerprint density at radius 2 is 1.62 bits per heavy atom. The molecule has 0 spiro atoms. The van der Waals surface area contributed by atoms with Gasteiger partial charge in [-0.05, 0) is 66.3 Å². The standard InChI is InChI=1S/C26H33F3/c1-3-4-5-6-19-7-10-21(11-8-19)18(2)15-20-9-13-23(25(28)16-20)22-12-14-24(27)26(29)17-22/h9,12-14,16-19,21H,3-8,10-11,15H2,1-2H3. The largest absolute Gasteiger partial charge is 0.206 e. The first-order chi connectivity index (χ1) is 14.0. The van der Waals surface area contributed by atoms with E-state index < -0.39 is 11.6 Å². The van der Waals surface area contributed by atoms with Gasteiger partial charge in [0, 0.05) is 5.56 Å². The van der Waals surface area contributed by atoms with Crippen LogP contribution in [-0.2, 0) is 6.42 Å². The molecule has 0 bridgehead atoms. The Labute approximate surface area is 173 Å². The molecular formula is C26H33F3. The summed E-state index contributed by atoms with van der Waals surface area (Å²) in [5, 5.41) is 0. The van der Waals surface area contributed by atoms with E-state index in [0.29, 0.717) is 23.0 Å². The van der Waals surface area contributed by atoms with Gasteiger partial charge in [-0.1, -0.05) is 70.6 Å². The van der Waals surface area contributed by atoms with Crippen LogP contribution < -0.4 is 0 Å². The minimum absolute atomic E-state index is 0.313. The van der Waals surface area contributed by atoms with E-state index in [1.54, 1.807) is 12.1 Å². The fourth-order valence-electron chi connectivity index (χ4n) is 4.85. The summed E-state index contributed by atoms with van der Waals surface area (Å²) in [6.45, 7) is 4.54. The molecule has 1 aliphatic rings. The quantitative estimate of drug-likeness (QED) is 0.389. The summed E-state index contributed by atoms with van der Waals surface area (Å²) in [6.07, 6.45) is 11.5. The van der Waals surface area contributed by atoms with Gasteiger partial charge in [-0.25, -0.2) is 13.2 Å². The van der Waals surface area contributed by atoms with Gasteiger partial charge in [-0.15, -0.1) is 0 Å². The van der Waals surface area contributed by atoms with Crippen LogP contribution in [0.25, 0.3) is 11.1 Å². The summed E-state index contributed by atoms with van der Waals surface area (Å²) in [6, 6.07) is 8.68. The lowest BCUT2D eigenvalue weighted by Crippen LogP contribution is -2.21. The van der Waals surface area contributed by atoms with E-state index in [2.05, 4.69) is 13.8 Å². The van der Waals surface area contributed by atoms with Crippen molar-refractivity contribution >= 4 is 0 Å². The van der Waals surface area contributed by atoms with E-state index in [-0.39, 0.29) is 5.82 Å². The maximum atomic E-state index is 14.6. The first kappa shape index (κ1) is 21.9. The van der Waals surface area contributed by atoms with Crippen molar-refractivity contribution in [1.29, 1.82) is 0 Å². The SMILES string of the molecule is CCCCCC1CCC(C(C)Cc2ccc(-c3ccc(F)c(F)c3)c(F)c2)CC1. The highest BCUT2D eigenvalue weighted by Crippen LogP contribution is 2.37. The van der Waals surface area contributed by atoms with Crippen LogP contribution in [-0.4, -0.2) is 0 Å². The first-order valence-corrected chi connectivity index (χ1v) is 11.2. The monoisotopic (exact) mass is 402 g/mol. The van der Waals surface area contributed by atoms with Crippen molar-refractivity contribution in [1.82, 2.24) is 0 Å². The summed E-state index contributed by atoms with van der Waals surface area (Å²) in [5.74, 6) is -0.103. The van der Waals surface area contributed by atoms with Gasteiger partial charge in [0.2, 0.25) is 0 Å². The molecule has 158 valence electrons. The minimum Gasteiger partial charge on any atom is -0.206 e. The Bertz CT molecular complexity index is 791. The minimum atomic E-state index is -0.954. The average Bonchev–Trinajstić information content (AvgIpc) is 2.71.